The van der Waals surface area contributed by atoms with Crippen LogP contribution in [0.25, 0.3) is 0 Å². The highest BCUT2D eigenvalue weighted by Gasteiger charge is 2.39. The molecule has 0 spiro atoms. The van der Waals surface area contributed by atoms with Crippen LogP contribution in [-0.2, 0) is 5.60 Å². The fraction of sp³-hybridized carbons (Fsp3) is 0.727. The third-order valence-electron chi connectivity index (χ3n) is 3.32. The van der Waals surface area contributed by atoms with Crippen molar-refractivity contribution < 1.29 is 5.11 Å². The summed E-state index contributed by atoms with van der Waals surface area (Å²) in [5.74, 6) is 0.345. The molecule has 3 heteroatoms. The lowest BCUT2D eigenvalue weighted by Gasteiger charge is -2.36. The van der Waals surface area contributed by atoms with Crippen LogP contribution in [0.15, 0.2) is 5.38 Å². The molecule has 2 unspecified atom stereocenters. The molecule has 1 N–H and O–H groups in total. The van der Waals surface area contributed by atoms with Crippen LogP contribution >= 0.6 is 11.3 Å². The van der Waals surface area contributed by atoms with Gasteiger partial charge in [0.15, 0.2) is 0 Å². The minimum Gasteiger partial charge on any atom is -0.383 e. The summed E-state index contributed by atoms with van der Waals surface area (Å²) in [6.07, 6.45) is 4.36. The SMILES string of the molecule is Cc1nc(C2(O)CCCCC2C)cs1. The van der Waals surface area contributed by atoms with Gasteiger partial charge in [0.2, 0.25) is 0 Å². The summed E-state index contributed by atoms with van der Waals surface area (Å²) in [6, 6.07) is 0. The van der Waals surface area contributed by atoms with Crippen LogP contribution in [0, 0.1) is 12.8 Å². The summed E-state index contributed by atoms with van der Waals surface area (Å²) in [7, 11) is 0. The molecule has 1 aliphatic carbocycles. The molecule has 1 fully saturated rings. The van der Waals surface area contributed by atoms with Crippen molar-refractivity contribution >= 4 is 11.3 Å². The Morgan fingerprint density at radius 3 is 2.93 bits per heavy atom. The molecule has 0 aliphatic heterocycles. The largest absolute Gasteiger partial charge is 0.383 e. The van der Waals surface area contributed by atoms with E-state index in [4.69, 9.17) is 0 Å². The van der Waals surface area contributed by atoms with E-state index in [2.05, 4.69) is 11.9 Å². The van der Waals surface area contributed by atoms with Crippen LogP contribution in [0.2, 0.25) is 0 Å². The third-order valence-corrected chi connectivity index (χ3v) is 4.10. The molecule has 78 valence electrons. The zero-order valence-corrected chi connectivity index (χ0v) is 9.60. The third kappa shape index (κ3) is 1.59. The van der Waals surface area contributed by atoms with Gasteiger partial charge in [-0.05, 0) is 25.7 Å². The van der Waals surface area contributed by atoms with Crippen molar-refractivity contribution in [3.63, 3.8) is 0 Å². The van der Waals surface area contributed by atoms with E-state index in [1.165, 1.54) is 6.42 Å². The van der Waals surface area contributed by atoms with E-state index in [0.717, 1.165) is 30.0 Å². The van der Waals surface area contributed by atoms with Crippen LogP contribution in [-0.4, -0.2) is 10.1 Å². The Kier molecular flexibility index (Phi) is 2.62. The van der Waals surface area contributed by atoms with Gasteiger partial charge in [0, 0.05) is 5.38 Å². The first kappa shape index (κ1) is 10.1. The van der Waals surface area contributed by atoms with Crippen LogP contribution in [0.3, 0.4) is 0 Å². The predicted octanol–water partition coefficient (Wildman–Crippen LogP) is 2.85. The standard InChI is InChI=1S/C11H17NOS/c1-8-5-3-4-6-11(8,13)10-7-14-9(2)12-10/h7-8,13H,3-6H2,1-2H3. The Morgan fingerprint density at radius 1 is 1.57 bits per heavy atom. The number of thiazole rings is 1. The number of rotatable bonds is 1. The quantitative estimate of drug-likeness (QED) is 0.775. The smallest absolute Gasteiger partial charge is 0.110 e. The molecule has 0 saturated heterocycles. The van der Waals surface area contributed by atoms with Gasteiger partial charge in [-0.15, -0.1) is 11.3 Å². The van der Waals surface area contributed by atoms with Crippen molar-refractivity contribution in [2.75, 3.05) is 0 Å². The Hall–Kier alpha value is -0.410. The normalized spacial score (nSPS) is 33.2. The van der Waals surface area contributed by atoms with Gasteiger partial charge in [0.1, 0.15) is 5.60 Å². The maximum Gasteiger partial charge on any atom is 0.110 e. The summed E-state index contributed by atoms with van der Waals surface area (Å²) < 4.78 is 0. The molecule has 1 aliphatic rings. The molecular formula is C11H17NOS. The van der Waals surface area contributed by atoms with Crippen LogP contribution in [0.5, 0.6) is 0 Å². The monoisotopic (exact) mass is 211 g/mol. The highest BCUT2D eigenvalue weighted by Crippen LogP contribution is 2.41. The van der Waals surface area contributed by atoms with E-state index in [9.17, 15) is 5.11 Å². The number of hydrogen-bond acceptors (Lipinski definition) is 3. The maximum absolute atomic E-state index is 10.6. The van der Waals surface area contributed by atoms with Gasteiger partial charge in [-0.25, -0.2) is 4.98 Å². The molecular weight excluding hydrogens is 194 g/mol. The fourth-order valence-corrected chi connectivity index (χ4v) is 2.96. The van der Waals surface area contributed by atoms with Gasteiger partial charge in [-0.2, -0.15) is 0 Å². The first-order valence-corrected chi connectivity index (χ1v) is 6.16. The molecule has 0 radical (unpaired) electrons. The number of hydrogen-bond donors (Lipinski definition) is 1. The molecule has 1 aromatic rings. The van der Waals surface area contributed by atoms with E-state index in [1.54, 1.807) is 11.3 Å². The first-order valence-electron chi connectivity index (χ1n) is 5.28. The molecule has 2 rings (SSSR count). The van der Waals surface area contributed by atoms with Crippen molar-refractivity contribution in [3.8, 4) is 0 Å². The van der Waals surface area contributed by atoms with Gasteiger partial charge in [0.05, 0.1) is 10.7 Å². The molecule has 14 heavy (non-hydrogen) atoms. The van der Waals surface area contributed by atoms with Crippen molar-refractivity contribution in [3.05, 3.63) is 16.1 Å². The molecule has 0 bridgehead atoms. The molecule has 1 heterocycles. The maximum atomic E-state index is 10.6. The second kappa shape index (κ2) is 3.63. The fourth-order valence-electron chi connectivity index (χ4n) is 2.27. The zero-order chi connectivity index (χ0) is 10.2. The number of aliphatic hydroxyl groups is 1. The summed E-state index contributed by atoms with van der Waals surface area (Å²) in [5.41, 5.74) is 0.246. The minimum absolute atomic E-state index is 0.345. The topological polar surface area (TPSA) is 33.1 Å². The van der Waals surface area contributed by atoms with E-state index in [0.29, 0.717) is 5.92 Å². The second-order valence-electron chi connectivity index (χ2n) is 4.32. The zero-order valence-electron chi connectivity index (χ0n) is 8.79. The summed E-state index contributed by atoms with van der Waals surface area (Å²) in [5, 5.41) is 13.6. The minimum atomic E-state index is -0.650. The number of aromatic nitrogens is 1. The number of nitrogens with zero attached hydrogens (tertiary/aromatic N) is 1. The average Bonchev–Trinajstić information content (AvgIpc) is 2.58. The van der Waals surface area contributed by atoms with E-state index >= 15 is 0 Å². The Labute approximate surface area is 89.0 Å². The Bertz CT molecular complexity index is 323. The highest BCUT2D eigenvalue weighted by molar-refractivity contribution is 7.09. The van der Waals surface area contributed by atoms with Crippen LogP contribution in [0.1, 0.15) is 43.3 Å². The average molecular weight is 211 g/mol. The van der Waals surface area contributed by atoms with Gasteiger partial charge < -0.3 is 5.11 Å². The Morgan fingerprint density at radius 2 is 2.36 bits per heavy atom. The van der Waals surface area contributed by atoms with Gasteiger partial charge >= 0.3 is 0 Å². The molecule has 1 aromatic heterocycles. The predicted molar refractivity (Wildman–Crippen MR) is 58.4 cm³/mol. The molecule has 0 aromatic carbocycles. The second-order valence-corrected chi connectivity index (χ2v) is 5.39. The van der Waals surface area contributed by atoms with Crippen LogP contribution in [0.4, 0.5) is 0 Å². The number of aryl methyl sites for hydroxylation is 1. The first-order chi connectivity index (χ1) is 6.63. The lowest BCUT2D eigenvalue weighted by Crippen LogP contribution is -2.36. The van der Waals surface area contributed by atoms with E-state index < -0.39 is 5.60 Å². The molecule has 2 atom stereocenters. The van der Waals surface area contributed by atoms with Gasteiger partial charge in [-0.3, -0.25) is 0 Å². The molecule has 0 amide bonds. The van der Waals surface area contributed by atoms with Crippen molar-refractivity contribution in [2.45, 2.75) is 45.1 Å². The van der Waals surface area contributed by atoms with Gasteiger partial charge in [0.25, 0.3) is 0 Å². The van der Waals surface area contributed by atoms with E-state index in [1.807, 2.05) is 12.3 Å². The lowest BCUT2D eigenvalue weighted by molar-refractivity contribution is -0.0501. The molecule has 2 nitrogen and oxygen atoms in total. The van der Waals surface area contributed by atoms with Crippen molar-refractivity contribution in [1.29, 1.82) is 0 Å². The highest BCUT2D eigenvalue weighted by atomic mass is 32.1. The summed E-state index contributed by atoms with van der Waals surface area (Å²) in [6.45, 7) is 4.12. The Balaban J connectivity index is 2.29. The molecule has 1 saturated carbocycles. The van der Waals surface area contributed by atoms with Crippen molar-refractivity contribution in [1.82, 2.24) is 4.98 Å². The lowest BCUT2D eigenvalue weighted by atomic mass is 9.75. The summed E-state index contributed by atoms with van der Waals surface area (Å²) >= 11 is 1.63. The van der Waals surface area contributed by atoms with Gasteiger partial charge in [-0.1, -0.05) is 19.8 Å². The van der Waals surface area contributed by atoms with Crippen molar-refractivity contribution in [2.24, 2.45) is 5.92 Å². The van der Waals surface area contributed by atoms with E-state index in [-0.39, 0.29) is 0 Å². The summed E-state index contributed by atoms with van der Waals surface area (Å²) in [4.78, 5) is 4.43. The van der Waals surface area contributed by atoms with Crippen LogP contribution < -0.4 is 0 Å².